The summed E-state index contributed by atoms with van der Waals surface area (Å²) in [6.45, 7) is 6.11. The first-order valence-corrected chi connectivity index (χ1v) is 10.3. The molecule has 0 saturated carbocycles. The number of amides is 1. The van der Waals surface area contributed by atoms with Gasteiger partial charge in [-0.25, -0.2) is 9.59 Å². The fourth-order valence-corrected chi connectivity index (χ4v) is 4.92. The van der Waals surface area contributed by atoms with Crippen LogP contribution in [0.15, 0.2) is 12.3 Å². The minimum atomic E-state index is -4.56. The molecule has 10 heteroatoms. The number of rotatable bonds is 2. The van der Waals surface area contributed by atoms with Gasteiger partial charge in [0.15, 0.2) is 0 Å². The number of likely N-dealkylation sites (tertiary alicyclic amines) is 1. The van der Waals surface area contributed by atoms with Gasteiger partial charge in [-0.15, -0.1) is 11.3 Å². The molecule has 1 aliphatic heterocycles. The SMILES string of the molecule is COC(=O)c1c(C2CCN(C(=O)OC(C)(C)C)CC2)sc2c(C(F)(F)F)ccnc12. The predicted octanol–water partition coefficient (Wildman–Crippen LogP) is 5.22. The Morgan fingerprint density at radius 1 is 1.20 bits per heavy atom. The lowest BCUT2D eigenvalue weighted by atomic mass is 9.92. The van der Waals surface area contributed by atoms with Crippen LogP contribution in [0.2, 0.25) is 0 Å². The van der Waals surface area contributed by atoms with E-state index in [4.69, 9.17) is 9.47 Å². The average molecular weight is 444 g/mol. The third-order valence-electron chi connectivity index (χ3n) is 4.81. The summed E-state index contributed by atoms with van der Waals surface area (Å²) in [5.74, 6) is -0.893. The molecule has 2 aromatic rings. The summed E-state index contributed by atoms with van der Waals surface area (Å²) >= 11 is 0.929. The van der Waals surface area contributed by atoms with Crippen molar-refractivity contribution >= 4 is 33.6 Å². The Balaban J connectivity index is 1.93. The maximum absolute atomic E-state index is 13.5. The minimum absolute atomic E-state index is 0.00578. The first kappa shape index (κ1) is 22.3. The van der Waals surface area contributed by atoms with Crippen LogP contribution >= 0.6 is 11.3 Å². The van der Waals surface area contributed by atoms with Crippen molar-refractivity contribution in [3.05, 3.63) is 28.3 Å². The molecule has 3 rings (SSSR count). The number of alkyl halides is 3. The Morgan fingerprint density at radius 2 is 1.83 bits per heavy atom. The third kappa shape index (κ3) is 4.53. The summed E-state index contributed by atoms with van der Waals surface area (Å²) < 4.78 is 50.5. The molecule has 0 N–H and O–H groups in total. The van der Waals surface area contributed by atoms with E-state index in [1.54, 1.807) is 25.7 Å². The number of hydrogen-bond donors (Lipinski definition) is 0. The Morgan fingerprint density at radius 3 is 2.37 bits per heavy atom. The van der Waals surface area contributed by atoms with Crippen LogP contribution in [0.3, 0.4) is 0 Å². The Labute approximate surface area is 176 Å². The smallest absolute Gasteiger partial charge is 0.417 e. The van der Waals surface area contributed by atoms with Gasteiger partial charge in [0.2, 0.25) is 0 Å². The average Bonchev–Trinajstić information content (AvgIpc) is 3.04. The number of esters is 1. The highest BCUT2D eigenvalue weighted by atomic mass is 32.1. The number of carbonyl (C=O) groups is 2. The monoisotopic (exact) mass is 444 g/mol. The van der Waals surface area contributed by atoms with Crippen molar-refractivity contribution in [3.8, 4) is 0 Å². The summed E-state index contributed by atoms with van der Waals surface area (Å²) in [5.41, 5.74) is -1.34. The van der Waals surface area contributed by atoms with Crippen molar-refractivity contribution in [2.45, 2.75) is 51.3 Å². The molecule has 2 aromatic heterocycles. The van der Waals surface area contributed by atoms with Crippen molar-refractivity contribution in [2.24, 2.45) is 0 Å². The van der Waals surface area contributed by atoms with Crippen molar-refractivity contribution in [2.75, 3.05) is 20.2 Å². The molecule has 0 aliphatic carbocycles. The molecule has 0 aromatic carbocycles. The Bertz CT molecular complexity index is 957. The molecule has 0 bridgehead atoms. The second kappa shape index (κ2) is 8.05. The second-order valence-electron chi connectivity index (χ2n) is 8.11. The molecule has 0 radical (unpaired) electrons. The van der Waals surface area contributed by atoms with E-state index in [1.807, 2.05) is 0 Å². The fraction of sp³-hybridized carbons (Fsp3) is 0.550. The van der Waals surface area contributed by atoms with E-state index in [2.05, 4.69) is 4.98 Å². The van der Waals surface area contributed by atoms with Crippen LogP contribution in [0, 0.1) is 0 Å². The molecule has 0 spiro atoms. The number of carbonyl (C=O) groups excluding carboxylic acids is 2. The largest absolute Gasteiger partial charge is 0.465 e. The quantitative estimate of drug-likeness (QED) is 0.595. The van der Waals surface area contributed by atoms with E-state index in [9.17, 15) is 22.8 Å². The molecule has 164 valence electrons. The maximum Gasteiger partial charge on any atom is 0.417 e. The molecule has 1 amide bonds. The van der Waals surface area contributed by atoms with Crippen molar-refractivity contribution in [1.82, 2.24) is 9.88 Å². The van der Waals surface area contributed by atoms with Gasteiger partial charge in [0.1, 0.15) is 11.2 Å². The zero-order valence-electron chi connectivity index (χ0n) is 17.1. The Kier molecular flexibility index (Phi) is 5.99. The highest BCUT2D eigenvalue weighted by molar-refractivity contribution is 7.19. The Hall–Kier alpha value is -2.36. The number of halogens is 3. The number of hydrogen-bond acceptors (Lipinski definition) is 6. The van der Waals surface area contributed by atoms with Gasteiger partial charge in [-0.05, 0) is 45.6 Å². The molecule has 6 nitrogen and oxygen atoms in total. The summed E-state index contributed by atoms with van der Waals surface area (Å²) in [5, 5.41) is 0. The minimum Gasteiger partial charge on any atom is -0.465 e. The summed E-state index contributed by atoms with van der Waals surface area (Å²) in [6.07, 6.45) is -2.93. The molecular weight excluding hydrogens is 421 g/mol. The highest BCUT2D eigenvalue weighted by Crippen LogP contribution is 2.44. The van der Waals surface area contributed by atoms with Crippen LogP contribution in [0.5, 0.6) is 0 Å². The van der Waals surface area contributed by atoms with E-state index < -0.39 is 29.4 Å². The molecular formula is C20H23F3N2O4S. The first-order chi connectivity index (χ1) is 13.9. The van der Waals surface area contributed by atoms with Crippen LogP contribution in [0.1, 0.15) is 60.3 Å². The van der Waals surface area contributed by atoms with Gasteiger partial charge in [0.25, 0.3) is 0 Å². The zero-order valence-corrected chi connectivity index (χ0v) is 17.9. The van der Waals surface area contributed by atoms with Crippen molar-refractivity contribution in [1.29, 1.82) is 0 Å². The zero-order chi connectivity index (χ0) is 22.3. The summed E-state index contributed by atoms with van der Waals surface area (Å²) in [4.78, 5) is 30.8. The summed E-state index contributed by atoms with van der Waals surface area (Å²) in [6, 6.07) is 0.911. The fourth-order valence-electron chi connectivity index (χ4n) is 3.47. The molecule has 1 aliphatic rings. The standard InChI is InChI=1S/C20H23F3N2O4S/c1-19(2,3)29-18(27)25-9-6-11(7-10-25)15-13(17(26)28-4)14-16(30-15)12(5-8-24-14)20(21,22)23/h5,8,11H,6-7,9-10H2,1-4H3. The molecule has 0 atom stereocenters. The van der Waals surface area contributed by atoms with Crippen LogP contribution in [0.4, 0.5) is 18.0 Å². The molecule has 1 saturated heterocycles. The number of fused-ring (bicyclic) bond motifs is 1. The van der Waals surface area contributed by atoms with Gasteiger partial charge in [-0.3, -0.25) is 4.98 Å². The third-order valence-corrected chi connectivity index (χ3v) is 6.19. The molecule has 30 heavy (non-hydrogen) atoms. The van der Waals surface area contributed by atoms with Crippen LogP contribution < -0.4 is 0 Å². The van der Waals surface area contributed by atoms with E-state index in [0.717, 1.165) is 23.6 Å². The van der Waals surface area contributed by atoms with Crippen molar-refractivity contribution in [3.63, 3.8) is 0 Å². The van der Waals surface area contributed by atoms with Gasteiger partial charge in [0, 0.05) is 24.2 Å². The first-order valence-electron chi connectivity index (χ1n) is 9.47. The lowest BCUT2D eigenvalue weighted by Gasteiger charge is -2.33. The van der Waals surface area contributed by atoms with Gasteiger partial charge in [-0.1, -0.05) is 0 Å². The van der Waals surface area contributed by atoms with Crippen LogP contribution in [-0.2, 0) is 15.7 Å². The number of nitrogens with zero attached hydrogens (tertiary/aromatic N) is 2. The lowest BCUT2D eigenvalue weighted by molar-refractivity contribution is -0.136. The van der Waals surface area contributed by atoms with Crippen LogP contribution in [-0.4, -0.2) is 47.7 Å². The number of pyridine rings is 1. The second-order valence-corrected chi connectivity index (χ2v) is 9.16. The normalized spacial score (nSPS) is 16.0. The van der Waals surface area contributed by atoms with Gasteiger partial charge in [0.05, 0.1) is 22.9 Å². The van der Waals surface area contributed by atoms with E-state index in [1.165, 1.54) is 7.11 Å². The molecule has 0 unspecified atom stereocenters. The van der Waals surface area contributed by atoms with Gasteiger partial charge >= 0.3 is 18.2 Å². The molecule has 3 heterocycles. The topological polar surface area (TPSA) is 68.7 Å². The maximum atomic E-state index is 13.5. The lowest BCUT2D eigenvalue weighted by Crippen LogP contribution is -2.41. The number of thiophene rings is 1. The number of piperidine rings is 1. The highest BCUT2D eigenvalue weighted by Gasteiger charge is 2.37. The summed E-state index contributed by atoms with van der Waals surface area (Å²) in [7, 11) is 1.19. The van der Waals surface area contributed by atoms with E-state index in [0.29, 0.717) is 30.8 Å². The van der Waals surface area contributed by atoms with Crippen LogP contribution in [0.25, 0.3) is 10.2 Å². The predicted molar refractivity (Wildman–Crippen MR) is 106 cm³/mol. The van der Waals surface area contributed by atoms with Gasteiger partial charge < -0.3 is 14.4 Å². The van der Waals surface area contributed by atoms with E-state index >= 15 is 0 Å². The number of ether oxygens (including phenoxy) is 2. The van der Waals surface area contributed by atoms with Crippen molar-refractivity contribution < 1.29 is 32.2 Å². The number of aromatic nitrogens is 1. The molecule has 1 fully saturated rings. The van der Waals surface area contributed by atoms with Gasteiger partial charge in [-0.2, -0.15) is 13.2 Å². The van der Waals surface area contributed by atoms with E-state index in [-0.39, 0.29) is 21.7 Å². The number of methoxy groups -OCH3 is 1.